The smallest absolute Gasteiger partial charge is 0.133 e. The first-order valence-electron chi connectivity index (χ1n) is 6.69. The van der Waals surface area contributed by atoms with Crippen LogP contribution in [0.4, 0.5) is 0 Å². The molecule has 0 radical (unpaired) electrons. The van der Waals surface area contributed by atoms with E-state index in [1.807, 2.05) is 6.07 Å². The van der Waals surface area contributed by atoms with E-state index in [0.29, 0.717) is 4.75 Å². The Labute approximate surface area is 129 Å². The Morgan fingerprint density at radius 1 is 1.37 bits per heavy atom. The van der Waals surface area contributed by atoms with Crippen molar-refractivity contribution in [3.8, 4) is 5.75 Å². The van der Waals surface area contributed by atoms with Crippen molar-refractivity contribution in [3.05, 3.63) is 28.2 Å². The van der Waals surface area contributed by atoms with Crippen LogP contribution in [0.15, 0.2) is 22.7 Å². The standard InChI is InChI=1S/C15H22BrNOS/c1-15(2)6-7-17(8-9-19-15)11-12-4-5-14(18-3)13(16)10-12/h4-5,10H,6-9,11H2,1-3H3. The molecular weight excluding hydrogens is 322 g/mol. The Bertz CT molecular complexity index is 436. The lowest BCUT2D eigenvalue weighted by atomic mass is 10.1. The lowest BCUT2D eigenvalue weighted by Gasteiger charge is -2.22. The lowest BCUT2D eigenvalue weighted by Crippen LogP contribution is -2.26. The number of nitrogens with zero attached hydrogens (tertiary/aromatic N) is 1. The van der Waals surface area contributed by atoms with Crippen molar-refractivity contribution in [2.45, 2.75) is 31.6 Å². The Morgan fingerprint density at radius 2 is 2.16 bits per heavy atom. The minimum absolute atomic E-state index is 0.426. The van der Waals surface area contributed by atoms with Gasteiger partial charge < -0.3 is 4.74 Å². The van der Waals surface area contributed by atoms with Gasteiger partial charge in [0.2, 0.25) is 0 Å². The van der Waals surface area contributed by atoms with Gasteiger partial charge in [0.15, 0.2) is 0 Å². The second kappa shape index (κ2) is 6.51. The quantitative estimate of drug-likeness (QED) is 0.816. The number of methoxy groups -OCH3 is 1. The molecule has 0 saturated carbocycles. The number of hydrogen-bond donors (Lipinski definition) is 0. The molecule has 1 fully saturated rings. The predicted octanol–water partition coefficient (Wildman–Crippen LogP) is 4.18. The highest BCUT2D eigenvalue weighted by molar-refractivity contribution is 9.10. The number of benzene rings is 1. The Kier molecular flexibility index (Phi) is 5.21. The van der Waals surface area contributed by atoms with Gasteiger partial charge in [-0.25, -0.2) is 0 Å². The van der Waals surface area contributed by atoms with E-state index in [2.05, 4.69) is 58.6 Å². The summed E-state index contributed by atoms with van der Waals surface area (Å²) >= 11 is 5.65. The van der Waals surface area contributed by atoms with E-state index in [0.717, 1.165) is 16.8 Å². The minimum Gasteiger partial charge on any atom is -0.496 e. The van der Waals surface area contributed by atoms with Gasteiger partial charge in [0.1, 0.15) is 5.75 Å². The highest BCUT2D eigenvalue weighted by atomic mass is 79.9. The van der Waals surface area contributed by atoms with E-state index in [1.165, 1.54) is 30.8 Å². The molecule has 2 nitrogen and oxygen atoms in total. The van der Waals surface area contributed by atoms with Gasteiger partial charge in [-0.1, -0.05) is 19.9 Å². The molecule has 0 atom stereocenters. The largest absolute Gasteiger partial charge is 0.496 e. The summed E-state index contributed by atoms with van der Waals surface area (Å²) in [5.74, 6) is 2.13. The van der Waals surface area contributed by atoms with Gasteiger partial charge in [0, 0.05) is 23.6 Å². The van der Waals surface area contributed by atoms with Crippen molar-refractivity contribution in [2.24, 2.45) is 0 Å². The van der Waals surface area contributed by atoms with Gasteiger partial charge in [-0.15, -0.1) is 0 Å². The fourth-order valence-corrected chi connectivity index (χ4v) is 4.01. The zero-order valence-electron chi connectivity index (χ0n) is 11.9. The van der Waals surface area contributed by atoms with E-state index in [9.17, 15) is 0 Å². The summed E-state index contributed by atoms with van der Waals surface area (Å²) < 4.78 is 6.74. The molecule has 0 spiro atoms. The summed E-state index contributed by atoms with van der Waals surface area (Å²) in [6.45, 7) is 8.09. The molecule has 1 saturated heterocycles. The van der Waals surface area contributed by atoms with Gasteiger partial charge >= 0.3 is 0 Å². The Hall–Kier alpha value is -0.190. The van der Waals surface area contributed by atoms with E-state index in [-0.39, 0.29) is 0 Å². The zero-order valence-corrected chi connectivity index (χ0v) is 14.3. The average Bonchev–Trinajstić information content (AvgIpc) is 2.51. The topological polar surface area (TPSA) is 12.5 Å². The minimum atomic E-state index is 0.426. The van der Waals surface area contributed by atoms with E-state index < -0.39 is 0 Å². The monoisotopic (exact) mass is 343 g/mol. The molecule has 106 valence electrons. The lowest BCUT2D eigenvalue weighted by molar-refractivity contribution is 0.276. The maximum atomic E-state index is 5.27. The highest BCUT2D eigenvalue weighted by Gasteiger charge is 2.23. The van der Waals surface area contributed by atoms with Crippen LogP contribution in [0.5, 0.6) is 5.75 Å². The summed E-state index contributed by atoms with van der Waals surface area (Å²) in [6, 6.07) is 6.37. The molecule has 0 aliphatic carbocycles. The first kappa shape index (κ1) is 15.2. The summed E-state index contributed by atoms with van der Waals surface area (Å²) in [6.07, 6.45) is 1.26. The number of hydrogen-bond acceptors (Lipinski definition) is 3. The average molecular weight is 344 g/mol. The van der Waals surface area contributed by atoms with Crippen molar-refractivity contribution in [1.82, 2.24) is 4.90 Å². The predicted molar refractivity (Wildman–Crippen MR) is 87.1 cm³/mol. The fraction of sp³-hybridized carbons (Fsp3) is 0.600. The molecule has 4 heteroatoms. The maximum absolute atomic E-state index is 5.27. The third-order valence-electron chi connectivity index (χ3n) is 3.55. The molecule has 2 rings (SSSR count). The Morgan fingerprint density at radius 3 is 2.84 bits per heavy atom. The molecule has 0 unspecified atom stereocenters. The van der Waals surface area contributed by atoms with E-state index in [4.69, 9.17) is 4.74 Å². The van der Waals surface area contributed by atoms with Crippen LogP contribution in [-0.4, -0.2) is 35.6 Å². The fourth-order valence-electron chi connectivity index (χ4n) is 2.29. The number of rotatable bonds is 3. The summed E-state index contributed by atoms with van der Waals surface area (Å²) in [5, 5.41) is 0. The van der Waals surface area contributed by atoms with Crippen molar-refractivity contribution < 1.29 is 4.74 Å². The molecular formula is C15H22BrNOS. The van der Waals surface area contributed by atoms with E-state index >= 15 is 0 Å². The molecule has 19 heavy (non-hydrogen) atoms. The molecule has 0 aromatic heterocycles. The second-order valence-corrected chi connectivity index (χ2v) is 8.26. The molecule has 1 aliphatic rings. The summed E-state index contributed by atoms with van der Waals surface area (Å²) in [4.78, 5) is 2.55. The summed E-state index contributed by atoms with van der Waals surface area (Å²) in [7, 11) is 1.70. The van der Waals surface area contributed by atoms with Gasteiger partial charge in [0.05, 0.1) is 11.6 Å². The highest BCUT2D eigenvalue weighted by Crippen LogP contribution is 2.31. The SMILES string of the molecule is COc1ccc(CN2CCSC(C)(C)CC2)cc1Br. The van der Waals surface area contributed by atoms with Crippen molar-refractivity contribution in [2.75, 3.05) is 26.0 Å². The van der Waals surface area contributed by atoms with Crippen LogP contribution in [0.2, 0.25) is 0 Å². The van der Waals surface area contributed by atoms with Crippen LogP contribution < -0.4 is 4.74 Å². The van der Waals surface area contributed by atoms with E-state index in [1.54, 1.807) is 7.11 Å². The first-order valence-corrected chi connectivity index (χ1v) is 8.47. The molecule has 1 aromatic rings. The zero-order chi connectivity index (χ0) is 13.9. The molecule has 0 bridgehead atoms. The third kappa shape index (κ3) is 4.40. The van der Waals surface area contributed by atoms with Crippen LogP contribution in [-0.2, 0) is 6.54 Å². The van der Waals surface area contributed by atoms with Crippen LogP contribution >= 0.6 is 27.7 Å². The van der Waals surface area contributed by atoms with Crippen LogP contribution in [0.1, 0.15) is 25.8 Å². The molecule has 1 aliphatic heterocycles. The molecule has 1 aromatic carbocycles. The van der Waals surface area contributed by atoms with Crippen molar-refractivity contribution in [3.63, 3.8) is 0 Å². The third-order valence-corrected chi connectivity index (χ3v) is 5.54. The first-order chi connectivity index (χ1) is 9.00. The number of ether oxygens (including phenoxy) is 1. The van der Waals surface area contributed by atoms with Gasteiger partial charge in [-0.2, -0.15) is 11.8 Å². The second-order valence-electron chi connectivity index (χ2n) is 5.60. The maximum Gasteiger partial charge on any atom is 0.133 e. The number of halogens is 1. The molecule has 1 heterocycles. The van der Waals surface area contributed by atoms with Crippen molar-refractivity contribution >= 4 is 27.7 Å². The van der Waals surface area contributed by atoms with Crippen LogP contribution in [0, 0.1) is 0 Å². The van der Waals surface area contributed by atoms with Gasteiger partial charge in [0.25, 0.3) is 0 Å². The van der Waals surface area contributed by atoms with Crippen molar-refractivity contribution in [1.29, 1.82) is 0 Å². The normalized spacial score (nSPS) is 20.0. The van der Waals surface area contributed by atoms with Gasteiger partial charge in [-0.05, 0) is 46.6 Å². The molecule has 0 N–H and O–H groups in total. The van der Waals surface area contributed by atoms with Crippen LogP contribution in [0.25, 0.3) is 0 Å². The Balaban J connectivity index is 1.99. The molecule has 0 amide bonds. The van der Waals surface area contributed by atoms with Gasteiger partial charge in [-0.3, -0.25) is 4.90 Å². The summed E-state index contributed by atoms with van der Waals surface area (Å²) in [5.41, 5.74) is 1.34. The van der Waals surface area contributed by atoms with Crippen LogP contribution in [0.3, 0.4) is 0 Å². The number of thioether (sulfide) groups is 1.